The summed E-state index contributed by atoms with van der Waals surface area (Å²) < 4.78 is 10.7. The van der Waals surface area contributed by atoms with Gasteiger partial charge in [0, 0.05) is 6.54 Å². The van der Waals surface area contributed by atoms with E-state index in [1.54, 1.807) is 45.0 Å². The number of carbonyl (C=O) groups excluding carboxylic acids is 2. The summed E-state index contributed by atoms with van der Waals surface area (Å²) in [7, 11) is 0. The van der Waals surface area contributed by atoms with E-state index in [0.717, 1.165) is 18.4 Å². The van der Waals surface area contributed by atoms with Gasteiger partial charge in [-0.2, -0.15) is 0 Å². The summed E-state index contributed by atoms with van der Waals surface area (Å²) in [6.07, 6.45) is 2.80. The summed E-state index contributed by atoms with van der Waals surface area (Å²) in [5, 5.41) is 12.7. The maximum absolute atomic E-state index is 12.5. The lowest BCUT2D eigenvalue weighted by Crippen LogP contribution is -2.62. The van der Waals surface area contributed by atoms with Crippen molar-refractivity contribution in [3.8, 4) is 5.75 Å². The van der Waals surface area contributed by atoms with Crippen molar-refractivity contribution in [1.29, 1.82) is 0 Å². The molecule has 1 fully saturated rings. The van der Waals surface area contributed by atoms with Gasteiger partial charge in [0.2, 0.25) is 0 Å². The van der Waals surface area contributed by atoms with E-state index in [1.165, 1.54) is 11.1 Å². The SMILES string of the molecule is CC(C)(C)OC(=O)N1CCCC[C@@]1(N)C=NOC(=O)COc1ccc(CO)cc1. The number of rotatable bonds is 6. The standard InChI is InChI=1S/C20H29N3O6/c1-19(2,3)28-18(26)23-11-5-4-10-20(23,21)14-22-29-17(25)13-27-16-8-6-15(12-24)7-9-16/h6-9,14,24H,4-5,10-13,21H2,1-3H3/t20-/m0/s1. The monoisotopic (exact) mass is 407 g/mol. The smallest absolute Gasteiger partial charge is 0.412 e. The molecule has 29 heavy (non-hydrogen) atoms. The Hall–Kier alpha value is -2.65. The molecule has 0 aliphatic carbocycles. The van der Waals surface area contributed by atoms with E-state index in [2.05, 4.69) is 5.16 Å². The quantitative estimate of drug-likeness (QED) is 0.421. The van der Waals surface area contributed by atoms with Crippen LogP contribution in [0.1, 0.15) is 45.6 Å². The number of piperidine rings is 1. The Bertz CT molecular complexity index is 729. The highest BCUT2D eigenvalue weighted by Crippen LogP contribution is 2.24. The van der Waals surface area contributed by atoms with Gasteiger partial charge in [-0.3, -0.25) is 4.90 Å². The number of ether oxygens (including phenoxy) is 2. The Morgan fingerprint density at radius 2 is 1.97 bits per heavy atom. The zero-order valence-corrected chi connectivity index (χ0v) is 17.1. The average Bonchev–Trinajstić information content (AvgIpc) is 2.65. The van der Waals surface area contributed by atoms with Gasteiger partial charge in [-0.25, -0.2) is 9.59 Å². The van der Waals surface area contributed by atoms with Crippen molar-refractivity contribution in [3.63, 3.8) is 0 Å². The van der Waals surface area contributed by atoms with E-state index in [-0.39, 0.29) is 13.2 Å². The van der Waals surface area contributed by atoms with Gasteiger partial charge < -0.3 is 25.2 Å². The van der Waals surface area contributed by atoms with E-state index in [1.807, 2.05) is 0 Å². The summed E-state index contributed by atoms with van der Waals surface area (Å²) >= 11 is 0. The lowest BCUT2D eigenvalue weighted by molar-refractivity contribution is -0.146. The van der Waals surface area contributed by atoms with E-state index in [0.29, 0.717) is 18.7 Å². The fourth-order valence-corrected chi connectivity index (χ4v) is 2.77. The Balaban J connectivity index is 1.89. The molecule has 1 aliphatic rings. The number of hydrogen-bond acceptors (Lipinski definition) is 8. The largest absolute Gasteiger partial charge is 0.482 e. The average molecular weight is 407 g/mol. The van der Waals surface area contributed by atoms with Gasteiger partial charge in [-0.05, 0) is 57.7 Å². The van der Waals surface area contributed by atoms with E-state index < -0.39 is 23.3 Å². The van der Waals surface area contributed by atoms with Crippen LogP contribution in [0, 0.1) is 0 Å². The van der Waals surface area contributed by atoms with Crippen LogP contribution in [-0.4, -0.2) is 52.7 Å². The number of nitrogens with two attached hydrogens (primary N) is 1. The lowest BCUT2D eigenvalue weighted by Gasteiger charge is -2.41. The Morgan fingerprint density at radius 1 is 1.28 bits per heavy atom. The highest BCUT2D eigenvalue weighted by Gasteiger charge is 2.39. The van der Waals surface area contributed by atoms with Crippen molar-refractivity contribution < 1.29 is 29.0 Å². The summed E-state index contributed by atoms with van der Waals surface area (Å²) in [5.74, 6) is -0.252. The highest BCUT2D eigenvalue weighted by atomic mass is 16.7. The van der Waals surface area contributed by atoms with Crippen LogP contribution < -0.4 is 10.5 Å². The summed E-state index contributed by atoms with van der Waals surface area (Å²) in [6, 6.07) is 6.64. The number of oxime groups is 1. The minimum Gasteiger partial charge on any atom is -0.482 e. The molecule has 1 aliphatic heterocycles. The van der Waals surface area contributed by atoms with Gasteiger partial charge in [0.1, 0.15) is 17.0 Å². The predicted octanol–water partition coefficient (Wildman–Crippen LogP) is 2.16. The molecule has 0 unspecified atom stereocenters. The minimum atomic E-state index is -1.19. The molecule has 1 aromatic carbocycles. The first-order valence-electron chi connectivity index (χ1n) is 9.49. The van der Waals surface area contributed by atoms with Crippen LogP contribution >= 0.6 is 0 Å². The Labute approximate surface area is 170 Å². The van der Waals surface area contributed by atoms with Crippen molar-refractivity contribution in [2.45, 2.75) is 57.9 Å². The van der Waals surface area contributed by atoms with Gasteiger partial charge in [0.25, 0.3) is 0 Å². The molecule has 1 heterocycles. The number of hydrogen-bond donors (Lipinski definition) is 2. The van der Waals surface area contributed by atoms with Crippen LogP contribution in [0.5, 0.6) is 5.75 Å². The zero-order chi connectivity index (χ0) is 21.5. The van der Waals surface area contributed by atoms with Crippen molar-refractivity contribution in [2.75, 3.05) is 13.2 Å². The first-order chi connectivity index (χ1) is 13.6. The number of carbonyl (C=O) groups is 2. The van der Waals surface area contributed by atoms with Crippen LogP contribution in [0.4, 0.5) is 4.79 Å². The molecule has 1 saturated heterocycles. The van der Waals surface area contributed by atoms with Crippen LogP contribution in [0.2, 0.25) is 0 Å². The third-order valence-electron chi connectivity index (χ3n) is 4.22. The predicted molar refractivity (Wildman–Crippen MR) is 106 cm³/mol. The van der Waals surface area contributed by atoms with Crippen LogP contribution in [0.25, 0.3) is 0 Å². The van der Waals surface area contributed by atoms with Crippen molar-refractivity contribution in [1.82, 2.24) is 4.90 Å². The second-order valence-electron chi connectivity index (χ2n) is 7.87. The fraction of sp³-hybridized carbons (Fsp3) is 0.550. The molecule has 0 saturated carbocycles. The van der Waals surface area contributed by atoms with Crippen LogP contribution in [0.15, 0.2) is 29.4 Å². The number of nitrogens with zero attached hydrogens (tertiary/aromatic N) is 2. The lowest BCUT2D eigenvalue weighted by atomic mass is 9.97. The molecular weight excluding hydrogens is 378 g/mol. The zero-order valence-electron chi connectivity index (χ0n) is 17.1. The number of aliphatic hydroxyl groups excluding tert-OH is 1. The first-order valence-corrected chi connectivity index (χ1v) is 9.49. The topological polar surface area (TPSA) is 124 Å². The molecule has 160 valence electrons. The van der Waals surface area contributed by atoms with Gasteiger partial charge in [-0.1, -0.05) is 17.3 Å². The van der Waals surface area contributed by atoms with Gasteiger partial charge in [0.15, 0.2) is 6.61 Å². The molecule has 0 bridgehead atoms. The number of likely N-dealkylation sites (tertiary alicyclic amines) is 1. The Kier molecular flexibility index (Phi) is 7.58. The molecule has 3 N–H and O–H groups in total. The van der Waals surface area contributed by atoms with Crippen molar-refractivity contribution in [3.05, 3.63) is 29.8 Å². The third-order valence-corrected chi connectivity index (χ3v) is 4.22. The second-order valence-corrected chi connectivity index (χ2v) is 7.87. The number of aliphatic hydroxyl groups is 1. The molecule has 1 amide bonds. The van der Waals surface area contributed by atoms with Crippen LogP contribution in [0.3, 0.4) is 0 Å². The second kappa shape index (κ2) is 9.71. The first kappa shape index (κ1) is 22.6. The summed E-state index contributed by atoms with van der Waals surface area (Å²) in [6.45, 7) is 5.35. The van der Waals surface area contributed by atoms with Crippen molar-refractivity contribution in [2.24, 2.45) is 10.9 Å². The van der Waals surface area contributed by atoms with E-state index in [9.17, 15) is 9.59 Å². The third kappa shape index (κ3) is 7.03. The van der Waals surface area contributed by atoms with Gasteiger partial charge >= 0.3 is 12.1 Å². The highest BCUT2D eigenvalue weighted by molar-refractivity contribution is 5.79. The molecule has 1 aromatic rings. The molecular formula is C20H29N3O6. The van der Waals surface area contributed by atoms with E-state index >= 15 is 0 Å². The normalized spacial score (nSPS) is 19.8. The van der Waals surface area contributed by atoms with Crippen molar-refractivity contribution >= 4 is 18.3 Å². The molecule has 9 nitrogen and oxygen atoms in total. The van der Waals surface area contributed by atoms with E-state index in [4.69, 9.17) is 25.2 Å². The maximum Gasteiger partial charge on any atom is 0.412 e. The fourth-order valence-electron chi connectivity index (χ4n) is 2.77. The Morgan fingerprint density at radius 3 is 2.59 bits per heavy atom. The molecule has 0 radical (unpaired) electrons. The molecule has 1 atom stereocenters. The van der Waals surface area contributed by atoms with Crippen LogP contribution in [-0.2, 0) is 21.0 Å². The molecule has 9 heteroatoms. The summed E-state index contributed by atoms with van der Waals surface area (Å²) in [4.78, 5) is 30.5. The number of amides is 1. The number of benzene rings is 1. The molecule has 0 spiro atoms. The molecule has 2 rings (SSSR count). The van der Waals surface area contributed by atoms with Gasteiger partial charge in [-0.15, -0.1) is 0 Å². The minimum absolute atomic E-state index is 0.0712. The maximum atomic E-state index is 12.5. The summed E-state index contributed by atoms with van der Waals surface area (Å²) in [5.41, 5.74) is 5.23. The molecule has 0 aromatic heterocycles. The van der Waals surface area contributed by atoms with Gasteiger partial charge in [0.05, 0.1) is 12.8 Å².